The highest BCUT2D eigenvalue weighted by molar-refractivity contribution is 5.44. The first-order valence-electron chi connectivity index (χ1n) is 7.96. The lowest BCUT2D eigenvalue weighted by atomic mass is 9.94. The highest BCUT2D eigenvalue weighted by Crippen LogP contribution is 2.34. The van der Waals surface area contributed by atoms with Crippen molar-refractivity contribution in [3.63, 3.8) is 0 Å². The van der Waals surface area contributed by atoms with Crippen LogP contribution in [0.3, 0.4) is 0 Å². The largest absolute Gasteiger partial charge is 0.492 e. The van der Waals surface area contributed by atoms with Gasteiger partial charge in [0.1, 0.15) is 12.4 Å². The van der Waals surface area contributed by atoms with Crippen LogP contribution in [0.25, 0.3) is 0 Å². The monoisotopic (exact) mass is 277 g/mol. The van der Waals surface area contributed by atoms with Gasteiger partial charge >= 0.3 is 0 Å². The van der Waals surface area contributed by atoms with E-state index in [0.29, 0.717) is 17.9 Å². The highest BCUT2D eigenvalue weighted by Gasteiger charge is 2.14. The maximum Gasteiger partial charge on any atom is 0.126 e. The van der Waals surface area contributed by atoms with E-state index in [1.165, 1.54) is 11.1 Å². The second kappa shape index (κ2) is 8.31. The maximum absolute atomic E-state index is 6.12. The van der Waals surface area contributed by atoms with Crippen LogP contribution in [0.15, 0.2) is 18.2 Å². The maximum atomic E-state index is 6.12. The van der Waals surface area contributed by atoms with E-state index in [1.807, 2.05) is 0 Å². The Hall–Kier alpha value is -1.02. The van der Waals surface area contributed by atoms with Gasteiger partial charge in [0, 0.05) is 12.6 Å². The second-order valence-corrected chi connectivity index (χ2v) is 6.19. The van der Waals surface area contributed by atoms with E-state index >= 15 is 0 Å². The fourth-order valence-corrected chi connectivity index (χ4v) is 2.25. The van der Waals surface area contributed by atoms with E-state index in [-0.39, 0.29) is 0 Å². The third-order valence-electron chi connectivity index (χ3n) is 3.77. The molecule has 0 bridgehead atoms. The fraction of sp³-hybridized carbons (Fsp3) is 0.667. The van der Waals surface area contributed by atoms with Crippen LogP contribution in [0.4, 0.5) is 0 Å². The molecule has 0 aliphatic heterocycles. The van der Waals surface area contributed by atoms with Gasteiger partial charge in [-0.15, -0.1) is 0 Å². The Kier molecular flexibility index (Phi) is 7.08. The second-order valence-electron chi connectivity index (χ2n) is 6.19. The minimum atomic E-state index is 0.492. The topological polar surface area (TPSA) is 21.3 Å². The van der Waals surface area contributed by atoms with E-state index in [4.69, 9.17) is 4.74 Å². The molecule has 20 heavy (non-hydrogen) atoms. The molecule has 1 rings (SSSR count). The minimum absolute atomic E-state index is 0.492. The molecule has 0 saturated carbocycles. The van der Waals surface area contributed by atoms with E-state index in [2.05, 4.69) is 65.1 Å². The summed E-state index contributed by atoms with van der Waals surface area (Å²) in [4.78, 5) is 0. The Morgan fingerprint density at radius 1 is 1.00 bits per heavy atom. The molecule has 1 aromatic rings. The third-order valence-corrected chi connectivity index (χ3v) is 3.77. The number of ether oxygens (including phenoxy) is 1. The van der Waals surface area contributed by atoms with E-state index in [0.717, 1.165) is 25.3 Å². The van der Waals surface area contributed by atoms with Crippen molar-refractivity contribution in [1.82, 2.24) is 5.32 Å². The molecule has 0 aliphatic carbocycles. The molecule has 0 spiro atoms. The number of rotatable bonds is 8. The summed E-state index contributed by atoms with van der Waals surface area (Å²) >= 11 is 0. The standard InChI is InChI=1S/C18H31NO/c1-7-15(6)19-11-12-20-18-16(13(2)3)9-8-10-17(18)14(4)5/h8-10,13-15,19H,7,11-12H2,1-6H3. The molecule has 1 N–H and O–H groups in total. The van der Waals surface area contributed by atoms with Gasteiger partial charge in [0.25, 0.3) is 0 Å². The first-order chi connectivity index (χ1) is 9.47. The molecule has 0 heterocycles. The van der Waals surface area contributed by atoms with Crippen molar-refractivity contribution in [3.05, 3.63) is 29.3 Å². The lowest BCUT2D eigenvalue weighted by molar-refractivity contribution is 0.298. The Morgan fingerprint density at radius 2 is 1.55 bits per heavy atom. The van der Waals surface area contributed by atoms with Gasteiger partial charge in [0.15, 0.2) is 0 Å². The van der Waals surface area contributed by atoms with Crippen LogP contribution in [0.5, 0.6) is 5.75 Å². The Balaban J connectivity index is 2.75. The first kappa shape index (κ1) is 17.0. The van der Waals surface area contributed by atoms with Crippen LogP contribution in [-0.2, 0) is 0 Å². The zero-order chi connectivity index (χ0) is 15.1. The Morgan fingerprint density at radius 3 is 2.00 bits per heavy atom. The van der Waals surface area contributed by atoms with Crippen LogP contribution in [0, 0.1) is 0 Å². The molecule has 0 aromatic heterocycles. The van der Waals surface area contributed by atoms with Gasteiger partial charge < -0.3 is 10.1 Å². The lowest BCUT2D eigenvalue weighted by Gasteiger charge is -2.20. The zero-order valence-electron chi connectivity index (χ0n) is 14.0. The van der Waals surface area contributed by atoms with Crippen molar-refractivity contribution in [1.29, 1.82) is 0 Å². The van der Waals surface area contributed by atoms with Gasteiger partial charge in [0.2, 0.25) is 0 Å². The van der Waals surface area contributed by atoms with Crippen molar-refractivity contribution in [2.24, 2.45) is 0 Å². The fourth-order valence-electron chi connectivity index (χ4n) is 2.25. The predicted octanol–water partition coefficient (Wildman–Crippen LogP) is 4.70. The van der Waals surface area contributed by atoms with Crippen LogP contribution < -0.4 is 10.1 Å². The van der Waals surface area contributed by atoms with E-state index in [9.17, 15) is 0 Å². The molecule has 1 aromatic carbocycles. The molecule has 0 fully saturated rings. The number of para-hydroxylation sites is 1. The molecular weight excluding hydrogens is 246 g/mol. The lowest BCUT2D eigenvalue weighted by Crippen LogP contribution is -2.29. The summed E-state index contributed by atoms with van der Waals surface area (Å²) in [7, 11) is 0. The quantitative estimate of drug-likeness (QED) is 0.695. The molecule has 0 amide bonds. The average Bonchev–Trinajstić information content (AvgIpc) is 2.42. The molecule has 1 unspecified atom stereocenters. The van der Waals surface area contributed by atoms with Crippen molar-refractivity contribution in [2.45, 2.75) is 65.8 Å². The zero-order valence-corrected chi connectivity index (χ0v) is 14.0. The minimum Gasteiger partial charge on any atom is -0.492 e. The summed E-state index contributed by atoms with van der Waals surface area (Å²) in [5.41, 5.74) is 2.64. The van der Waals surface area contributed by atoms with Crippen molar-refractivity contribution in [2.75, 3.05) is 13.2 Å². The van der Waals surface area contributed by atoms with E-state index < -0.39 is 0 Å². The number of hydrogen-bond donors (Lipinski definition) is 1. The van der Waals surface area contributed by atoms with Gasteiger partial charge in [-0.05, 0) is 36.3 Å². The normalized spacial score (nSPS) is 13.0. The number of nitrogens with one attached hydrogen (secondary N) is 1. The molecule has 2 heteroatoms. The SMILES string of the molecule is CCC(C)NCCOc1c(C(C)C)cccc1C(C)C. The summed E-state index contributed by atoms with van der Waals surface area (Å²) in [5.74, 6) is 2.08. The number of benzene rings is 1. The van der Waals surface area contributed by atoms with E-state index in [1.54, 1.807) is 0 Å². The van der Waals surface area contributed by atoms with Crippen molar-refractivity contribution < 1.29 is 4.74 Å². The summed E-state index contributed by atoms with van der Waals surface area (Å²) in [5, 5.41) is 3.47. The molecular formula is C18H31NO. The van der Waals surface area contributed by atoms with Crippen LogP contribution >= 0.6 is 0 Å². The molecule has 0 aliphatic rings. The van der Waals surface area contributed by atoms with Gasteiger partial charge in [0.05, 0.1) is 0 Å². The molecule has 114 valence electrons. The van der Waals surface area contributed by atoms with Crippen LogP contribution in [0.1, 0.15) is 70.9 Å². The third kappa shape index (κ3) is 4.82. The van der Waals surface area contributed by atoms with Crippen molar-refractivity contribution >= 4 is 0 Å². The Bertz CT molecular complexity index is 372. The summed E-state index contributed by atoms with van der Waals surface area (Å²) in [6.07, 6.45) is 1.15. The van der Waals surface area contributed by atoms with Gasteiger partial charge in [-0.3, -0.25) is 0 Å². The van der Waals surface area contributed by atoms with Gasteiger partial charge in [-0.25, -0.2) is 0 Å². The Labute approximate surface area is 124 Å². The summed E-state index contributed by atoms with van der Waals surface area (Å²) < 4.78 is 6.12. The average molecular weight is 277 g/mol. The number of hydrogen-bond acceptors (Lipinski definition) is 2. The molecule has 0 saturated heterocycles. The van der Waals surface area contributed by atoms with Crippen molar-refractivity contribution in [3.8, 4) is 5.75 Å². The summed E-state index contributed by atoms with van der Waals surface area (Å²) in [6.45, 7) is 14.9. The molecule has 1 atom stereocenters. The molecule has 0 radical (unpaired) electrons. The molecule has 2 nitrogen and oxygen atoms in total. The first-order valence-corrected chi connectivity index (χ1v) is 7.96. The van der Waals surface area contributed by atoms with Gasteiger partial charge in [-0.1, -0.05) is 52.8 Å². The smallest absolute Gasteiger partial charge is 0.126 e. The van der Waals surface area contributed by atoms with Crippen LogP contribution in [-0.4, -0.2) is 19.2 Å². The van der Waals surface area contributed by atoms with Gasteiger partial charge in [-0.2, -0.15) is 0 Å². The highest BCUT2D eigenvalue weighted by atomic mass is 16.5. The summed E-state index contributed by atoms with van der Waals surface area (Å²) in [6, 6.07) is 7.08. The van der Waals surface area contributed by atoms with Crippen LogP contribution in [0.2, 0.25) is 0 Å². The predicted molar refractivity (Wildman–Crippen MR) is 87.9 cm³/mol.